The van der Waals surface area contributed by atoms with Crippen molar-refractivity contribution < 1.29 is 14.6 Å². The summed E-state index contributed by atoms with van der Waals surface area (Å²) in [5.41, 5.74) is 1.13. The summed E-state index contributed by atoms with van der Waals surface area (Å²) in [7, 11) is 0. The molecule has 138 valence electrons. The lowest BCUT2D eigenvalue weighted by molar-refractivity contribution is -0.144. The van der Waals surface area contributed by atoms with Crippen LogP contribution in [0.1, 0.15) is 38.2 Å². The van der Waals surface area contributed by atoms with Crippen molar-refractivity contribution in [1.82, 2.24) is 9.80 Å². The van der Waals surface area contributed by atoms with Crippen LogP contribution in [0.3, 0.4) is 0 Å². The van der Waals surface area contributed by atoms with Crippen LogP contribution in [0.2, 0.25) is 5.02 Å². The maximum absolute atomic E-state index is 10.9. The summed E-state index contributed by atoms with van der Waals surface area (Å²) >= 11 is 6.26. The molecule has 0 unspecified atom stereocenters. The largest absolute Gasteiger partial charge is 0.479 e. The predicted octanol–water partition coefficient (Wildman–Crippen LogP) is 3.25. The molecule has 1 N–H and O–H groups in total. The molecule has 1 heterocycles. The fraction of sp³-hybridized carbons (Fsp3) is 0.632. The summed E-state index contributed by atoms with van der Waals surface area (Å²) in [6, 6.07) is 6.43. The normalized spacial score (nSPS) is 21.4. The Morgan fingerprint density at radius 3 is 2.56 bits per heavy atom. The molecule has 1 aliphatic heterocycles. The molecule has 5 nitrogen and oxygen atoms in total. The van der Waals surface area contributed by atoms with E-state index in [-0.39, 0.29) is 0 Å². The maximum Gasteiger partial charge on any atom is 0.344 e. The van der Waals surface area contributed by atoms with E-state index >= 15 is 0 Å². The van der Waals surface area contributed by atoms with Gasteiger partial charge in [0.25, 0.3) is 0 Å². The Balaban J connectivity index is 1.51. The number of rotatable bonds is 6. The Bertz CT molecular complexity index is 596. The molecule has 0 aromatic heterocycles. The first-order valence-corrected chi connectivity index (χ1v) is 9.55. The zero-order valence-electron chi connectivity index (χ0n) is 14.8. The van der Waals surface area contributed by atoms with Gasteiger partial charge in [-0.1, -0.05) is 30.5 Å². The van der Waals surface area contributed by atoms with E-state index in [0.29, 0.717) is 10.8 Å². The highest BCUT2D eigenvalue weighted by atomic mass is 35.5. The van der Waals surface area contributed by atoms with Crippen molar-refractivity contribution in [1.29, 1.82) is 0 Å². The number of aliphatic carboxylic acids is 1. The van der Waals surface area contributed by atoms with Crippen LogP contribution in [-0.2, 0) is 11.3 Å². The zero-order chi connectivity index (χ0) is 17.8. The molecule has 3 rings (SSSR count). The Morgan fingerprint density at radius 2 is 1.96 bits per heavy atom. The van der Waals surface area contributed by atoms with E-state index < -0.39 is 12.1 Å². The van der Waals surface area contributed by atoms with Crippen LogP contribution in [0.4, 0.5) is 0 Å². The van der Waals surface area contributed by atoms with Gasteiger partial charge in [0.05, 0.1) is 5.02 Å². The quantitative estimate of drug-likeness (QED) is 0.837. The molecule has 1 saturated heterocycles. The molecule has 0 amide bonds. The molecule has 2 aliphatic rings. The lowest BCUT2D eigenvalue weighted by Crippen LogP contribution is -2.49. The number of hydrogen-bond acceptors (Lipinski definition) is 4. The Morgan fingerprint density at radius 1 is 1.28 bits per heavy atom. The van der Waals surface area contributed by atoms with Gasteiger partial charge in [0, 0.05) is 38.8 Å². The van der Waals surface area contributed by atoms with Crippen LogP contribution in [0.15, 0.2) is 18.2 Å². The molecule has 0 bridgehead atoms. The van der Waals surface area contributed by atoms with Crippen molar-refractivity contribution in [2.24, 2.45) is 0 Å². The van der Waals surface area contributed by atoms with Crippen molar-refractivity contribution in [2.45, 2.75) is 51.3 Å². The van der Waals surface area contributed by atoms with E-state index in [1.54, 1.807) is 6.07 Å². The van der Waals surface area contributed by atoms with Gasteiger partial charge in [0.2, 0.25) is 0 Å². The number of piperazine rings is 1. The van der Waals surface area contributed by atoms with Crippen LogP contribution < -0.4 is 4.74 Å². The molecule has 25 heavy (non-hydrogen) atoms. The molecule has 2 fully saturated rings. The molecule has 1 saturated carbocycles. The van der Waals surface area contributed by atoms with Gasteiger partial charge >= 0.3 is 5.97 Å². The first-order chi connectivity index (χ1) is 12.0. The van der Waals surface area contributed by atoms with Crippen LogP contribution >= 0.6 is 11.6 Å². The van der Waals surface area contributed by atoms with Crippen molar-refractivity contribution in [3.8, 4) is 5.75 Å². The minimum atomic E-state index is -1.000. The number of nitrogens with zero attached hydrogens (tertiary/aromatic N) is 2. The molecule has 1 aromatic carbocycles. The molecule has 0 spiro atoms. The number of ether oxygens (including phenoxy) is 1. The van der Waals surface area contributed by atoms with Gasteiger partial charge in [-0.25, -0.2) is 4.79 Å². The standard InChI is InChI=1S/C19H27ClN2O3/c1-14(19(23)24)25-18-7-6-15(12-17(18)20)13-21-8-10-22(11-9-21)16-4-2-3-5-16/h6-7,12,14,16H,2-5,8-11,13H2,1H3,(H,23,24)/t14-/m1/s1. The molecule has 0 radical (unpaired) electrons. The van der Waals surface area contributed by atoms with E-state index in [4.69, 9.17) is 21.4 Å². The highest BCUT2D eigenvalue weighted by Gasteiger charge is 2.26. The van der Waals surface area contributed by atoms with Crippen LogP contribution in [-0.4, -0.2) is 59.2 Å². The fourth-order valence-electron chi connectivity index (χ4n) is 3.79. The van der Waals surface area contributed by atoms with Gasteiger partial charge in [0.15, 0.2) is 6.10 Å². The number of hydrogen-bond donors (Lipinski definition) is 1. The number of carboxylic acid groups (broad SMARTS) is 1. The van der Waals surface area contributed by atoms with Crippen molar-refractivity contribution >= 4 is 17.6 Å². The summed E-state index contributed by atoms with van der Waals surface area (Å²) in [5.74, 6) is -0.577. The Kier molecular flexibility index (Phi) is 6.20. The summed E-state index contributed by atoms with van der Waals surface area (Å²) < 4.78 is 5.37. The highest BCUT2D eigenvalue weighted by Crippen LogP contribution is 2.28. The van der Waals surface area contributed by atoms with Crippen LogP contribution in [0.25, 0.3) is 0 Å². The van der Waals surface area contributed by atoms with Crippen LogP contribution in [0, 0.1) is 0 Å². The molecular formula is C19H27ClN2O3. The topological polar surface area (TPSA) is 53.0 Å². The van der Waals surface area contributed by atoms with Crippen molar-refractivity contribution in [3.05, 3.63) is 28.8 Å². The minimum absolute atomic E-state index is 0.423. The van der Waals surface area contributed by atoms with E-state index in [1.165, 1.54) is 32.6 Å². The molecule has 1 aromatic rings. The number of carboxylic acids is 1. The Labute approximate surface area is 154 Å². The number of carbonyl (C=O) groups is 1. The molecule has 1 aliphatic carbocycles. The third-order valence-electron chi connectivity index (χ3n) is 5.30. The molecule has 1 atom stereocenters. The first-order valence-electron chi connectivity index (χ1n) is 9.17. The van der Waals surface area contributed by atoms with Crippen molar-refractivity contribution in [2.75, 3.05) is 26.2 Å². The van der Waals surface area contributed by atoms with Gasteiger partial charge in [-0.3, -0.25) is 9.80 Å². The molecular weight excluding hydrogens is 340 g/mol. The summed E-state index contributed by atoms with van der Waals surface area (Å²) in [6.45, 7) is 6.83. The van der Waals surface area contributed by atoms with E-state index in [0.717, 1.165) is 44.3 Å². The third kappa shape index (κ3) is 4.87. The predicted molar refractivity (Wildman–Crippen MR) is 98.3 cm³/mol. The van der Waals surface area contributed by atoms with Gasteiger partial charge in [-0.05, 0) is 37.5 Å². The smallest absolute Gasteiger partial charge is 0.344 e. The third-order valence-corrected chi connectivity index (χ3v) is 5.60. The fourth-order valence-corrected chi connectivity index (χ4v) is 4.04. The Hall–Kier alpha value is -1.30. The van der Waals surface area contributed by atoms with Gasteiger partial charge in [-0.2, -0.15) is 0 Å². The van der Waals surface area contributed by atoms with E-state index in [2.05, 4.69) is 9.80 Å². The minimum Gasteiger partial charge on any atom is -0.479 e. The van der Waals surface area contributed by atoms with Gasteiger partial charge in [-0.15, -0.1) is 0 Å². The number of halogens is 1. The van der Waals surface area contributed by atoms with Gasteiger partial charge < -0.3 is 9.84 Å². The SMILES string of the molecule is C[C@@H](Oc1ccc(CN2CCN(C3CCCC3)CC2)cc1Cl)C(=O)O. The highest BCUT2D eigenvalue weighted by molar-refractivity contribution is 6.32. The summed E-state index contributed by atoms with van der Waals surface area (Å²) in [5, 5.41) is 9.39. The monoisotopic (exact) mass is 366 g/mol. The number of benzene rings is 1. The summed E-state index contributed by atoms with van der Waals surface area (Å²) in [6.07, 6.45) is 4.60. The average molecular weight is 367 g/mol. The first kappa shape index (κ1) is 18.5. The second kappa shape index (κ2) is 8.39. The lowest BCUT2D eigenvalue weighted by Gasteiger charge is -2.38. The zero-order valence-corrected chi connectivity index (χ0v) is 15.5. The lowest BCUT2D eigenvalue weighted by atomic mass is 10.1. The maximum atomic E-state index is 10.9. The van der Waals surface area contributed by atoms with Crippen LogP contribution in [0.5, 0.6) is 5.75 Å². The van der Waals surface area contributed by atoms with E-state index in [1.807, 2.05) is 12.1 Å². The second-order valence-electron chi connectivity index (χ2n) is 7.11. The van der Waals surface area contributed by atoms with Crippen molar-refractivity contribution in [3.63, 3.8) is 0 Å². The van der Waals surface area contributed by atoms with E-state index in [9.17, 15) is 4.79 Å². The average Bonchev–Trinajstić information content (AvgIpc) is 3.12. The second-order valence-corrected chi connectivity index (χ2v) is 7.52. The summed E-state index contributed by atoms with van der Waals surface area (Å²) in [4.78, 5) is 16.0. The molecule has 6 heteroatoms. The van der Waals surface area contributed by atoms with Gasteiger partial charge in [0.1, 0.15) is 5.75 Å².